The number of aromatic nitrogens is 3. The van der Waals surface area contributed by atoms with E-state index in [1.807, 2.05) is 60.8 Å². The van der Waals surface area contributed by atoms with Crippen LogP contribution >= 0.6 is 0 Å². The second kappa shape index (κ2) is 9.28. The van der Waals surface area contributed by atoms with E-state index in [1.165, 1.54) is 0 Å². The van der Waals surface area contributed by atoms with E-state index >= 15 is 0 Å². The van der Waals surface area contributed by atoms with Crippen molar-refractivity contribution in [2.75, 3.05) is 0 Å². The SMILES string of the molecule is CC(C)Cc1nc(OC=C=O)c(-c2c[nH]c3ccccc23)nc1OCc1ccccc1. The van der Waals surface area contributed by atoms with Gasteiger partial charge in [0, 0.05) is 22.7 Å². The number of rotatable bonds is 8. The lowest BCUT2D eigenvalue weighted by Gasteiger charge is -2.15. The maximum Gasteiger partial charge on any atom is 0.246 e. The maximum atomic E-state index is 10.8. The first-order chi connectivity index (χ1) is 15.2. The molecule has 0 aliphatic heterocycles. The minimum Gasteiger partial charge on any atom is -0.471 e. The van der Waals surface area contributed by atoms with E-state index in [1.54, 1.807) is 5.94 Å². The molecule has 2 aromatic carbocycles. The van der Waals surface area contributed by atoms with Crippen molar-refractivity contribution >= 4 is 16.8 Å². The molecule has 0 fully saturated rings. The van der Waals surface area contributed by atoms with Crippen LogP contribution in [0.1, 0.15) is 25.1 Å². The lowest BCUT2D eigenvalue weighted by molar-refractivity contribution is 0.285. The van der Waals surface area contributed by atoms with Gasteiger partial charge in [0.2, 0.25) is 11.8 Å². The Bertz CT molecular complexity index is 1230. The molecular formula is C25H23N3O3. The summed E-state index contributed by atoms with van der Waals surface area (Å²) < 4.78 is 11.6. The summed E-state index contributed by atoms with van der Waals surface area (Å²) in [6, 6.07) is 17.8. The van der Waals surface area contributed by atoms with Crippen LogP contribution in [-0.2, 0) is 17.8 Å². The fourth-order valence-electron chi connectivity index (χ4n) is 3.40. The summed E-state index contributed by atoms with van der Waals surface area (Å²) >= 11 is 0. The van der Waals surface area contributed by atoms with Crippen molar-refractivity contribution in [2.24, 2.45) is 5.92 Å². The van der Waals surface area contributed by atoms with Gasteiger partial charge < -0.3 is 14.5 Å². The molecule has 0 aliphatic rings. The van der Waals surface area contributed by atoms with Crippen molar-refractivity contribution in [1.29, 1.82) is 0 Å². The maximum absolute atomic E-state index is 10.8. The number of H-pyrrole nitrogens is 1. The highest BCUT2D eigenvalue weighted by Crippen LogP contribution is 2.35. The molecule has 6 heteroatoms. The second-order valence-corrected chi connectivity index (χ2v) is 7.60. The number of ether oxygens (including phenoxy) is 2. The summed E-state index contributed by atoms with van der Waals surface area (Å²) in [5.74, 6) is 2.68. The van der Waals surface area contributed by atoms with Crippen LogP contribution in [0.5, 0.6) is 11.8 Å². The van der Waals surface area contributed by atoms with Crippen molar-refractivity contribution in [3.05, 3.63) is 78.3 Å². The molecule has 0 atom stereocenters. The van der Waals surface area contributed by atoms with Gasteiger partial charge in [0.25, 0.3) is 0 Å². The second-order valence-electron chi connectivity index (χ2n) is 7.60. The Morgan fingerprint density at radius 1 is 1.03 bits per heavy atom. The van der Waals surface area contributed by atoms with Gasteiger partial charge in [0.05, 0.1) is 0 Å². The van der Waals surface area contributed by atoms with Crippen molar-refractivity contribution in [1.82, 2.24) is 15.0 Å². The van der Waals surface area contributed by atoms with Crippen LogP contribution in [0.3, 0.4) is 0 Å². The molecule has 0 aliphatic carbocycles. The predicted molar refractivity (Wildman–Crippen MR) is 120 cm³/mol. The number of hydrogen-bond acceptors (Lipinski definition) is 5. The number of nitrogens with zero attached hydrogens (tertiary/aromatic N) is 2. The van der Waals surface area contributed by atoms with Gasteiger partial charge in [-0.15, -0.1) is 0 Å². The van der Waals surface area contributed by atoms with Crippen molar-refractivity contribution < 1.29 is 14.3 Å². The van der Waals surface area contributed by atoms with Gasteiger partial charge in [-0.3, -0.25) is 0 Å². The Hall–Kier alpha value is -3.89. The Morgan fingerprint density at radius 2 is 1.81 bits per heavy atom. The van der Waals surface area contributed by atoms with Gasteiger partial charge in [-0.1, -0.05) is 62.4 Å². The molecule has 31 heavy (non-hydrogen) atoms. The number of nitrogens with one attached hydrogen (secondary N) is 1. The molecule has 0 radical (unpaired) electrons. The van der Waals surface area contributed by atoms with Crippen LogP contribution in [-0.4, -0.2) is 20.9 Å². The van der Waals surface area contributed by atoms with Crippen molar-refractivity contribution in [3.63, 3.8) is 0 Å². The number of aromatic amines is 1. The minimum atomic E-state index is 0.246. The first kappa shape index (κ1) is 20.4. The molecule has 4 rings (SSSR count). The molecular weight excluding hydrogens is 390 g/mol. The number of benzene rings is 2. The number of para-hydroxylation sites is 1. The average molecular weight is 413 g/mol. The van der Waals surface area contributed by atoms with Crippen LogP contribution < -0.4 is 9.47 Å². The number of hydrogen-bond donors (Lipinski definition) is 1. The molecule has 0 spiro atoms. The smallest absolute Gasteiger partial charge is 0.246 e. The number of carbonyl (C=O) groups excluding carboxylic acids is 1. The van der Waals surface area contributed by atoms with E-state index in [0.717, 1.165) is 28.3 Å². The van der Waals surface area contributed by atoms with Gasteiger partial charge in [-0.25, -0.2) is 14.8 Å². The average Bonchev–Trinajstić information content (AvgIpc) is 3.21. The van der Waals surface area contributed by atoms with Crippen molar-refractivity contribution in [3.8, 4) is 23.0 Å². The summed E-state index contributed by atoms with van der Waals surface area (Å²) in [5.41, 5.74) is 4.01. The quantitative estimate of drug-likeness (QED) is 0.320. The summed E-state index contributed by atoms with van der Waals surface area (Å²) in [5, 5.41) is 0.974. The molecule has 2 aromatic heterocycles. The topological polar surface area (TPSA) is 77.1 Å². The van der Waals surface area contributed by atoms with Gasteiger partial charge >= 0.3 is 0 Å². The molecule has 0 amide bonds. The Balaban J connectivity index is 1.82. The zero-order valence-electron chi connectivity index (χ0n) is 17.5. The Labute approximate surface area is 180 Å². The zero-order valence-corrected chi connectivity index (χ0v) is 17.5. The lowest BCUT2D eigenvalue weighted by Crippen LogP contribution is -2.08. The molecule has 0 bridgehead atoms. The molecule has 6 nitrogen and oxygen atoms in total. The first-order valence-electron chi connectivity index (χ1n) is 10.2. The third-order valence-corrected chi connectivity index (χ3v) is 4.78. The first-order valence-corrected chi connectivity index (χ1v) is 10.2. The van der Waals surface area contributed by atoms with Gasteiger partial charge in [0.15, 0.2) is 12.2 Å². The minimum absolute atomic E-state index is 0.246. The normalized spacial score (nSPS) is 10.8. The van der Waals surface area contributed by atoms with E-state index in [4.69, 9.17) is 19.4 Å². The third kappa shape index (κ3) is 4.65. The van der Waals surface area contributed by atoms with Crippen LogP contribution in [0.4, 0.5) is 0 Å². The fraction of sp³-hybridized carbons (Fsp3) is 0.200. The fourth-order valence-corrected chi connectivity index (χ4v) is 3.40. The van der Waals surface area contributed by atoms with Crippen LogP contribution in [0.25, 0.3) is 22.2 Å². The largest absolute Gasteiger partial charge is 0.471 e. The van der Waals surface area contributed by atoms with E-state index < -0.39 is 0 Å². The molecule has 2 heterocycles. The monoisotopic (exact) mass is 413 g/mol. The van der Waals surface area contributed by atoms with Crippen molar-refractivity contribution in [2.45, 2.75) is 26.9 Å². The third-order valence-electron chi connectivity index (χ3n) is 4.78. The molecule has 1 N–H and O–H groups in total. The molecule has 0 saturated carbocycles. The van der Waals surface area contributed by atoms with Crippen LogP contribution in [0, 0.1) is 5.92 Å². The summed E-state index contributed by atoms with van der Waals surface area (Å²) in [4.78, 5) is 23.5. The van der Waals surface area contributed by atoms with Gasteiger partial charge in [-0.2, -0.15) is 0 Å². The van der Waals surface area contributed by atoms with Gasteiger partial charge in [-0.05, 0) is 24.0 Å². The van der Waals surface area contributed by atoms with E-state index in [-0.39, 0.29) is 5.88 Å². The number of fused-ring (bicyclic) bond motifs is 1. The molecule has 4 aromatic rings. The molecule has 0 unspecified atom stereocenters. The lowest BCUT2D eigenvalue weighted by atomic mass is 10.1. The van der Waals surface area contributed by atoms with E-state index in [0.29, 0.717) is 36.2 Å². The van der Waals surface area contributed by atoms with E-state index in [2.05, 4.69) is 18.8 Å². The Kier molecular flexibility index (Phi) is 6.11. The predicted octanol–water partition coefficient (Wildman–Crippen LogP) is 5.13. The zero-order chi connectivity index (χ0) is 21.6. The highest BCUT2D eigenvalue weighted by molar-refractivity contribution is 5.95. The molecule has 156 valence electrons. The Morgan fingerprint density at radius 3 is 2.58 bits per heavy atom. The van der Waals surface area contributed by atoms with Crippen LogP contribution in [0.2, 0.25) is 0 Å². The summed E-state index contributed by atoms with van der Waals surface area (Å²) in [6.45, 7) is 4.58. The van der Waals surface area contributed by atoms with Gasteiger partial charge in [0.1, 0.15) is 18.0 Å². The summed E-state index contributed by atoms with van der Waals surface area (Å²) in [7, 11) is 0. The highest BCUT2D eigenvalue weighted by Gasteiger charge is 2.20. The molecule has 0 saturated heterocycles. The standard InChI is InChI=1S/C25H23N3O3/c1-17(2)14-22-24(31-16-18-8-4-3-5-9-18)28-23(25(27-22)30-13-12-29)20-15-26-21-11-7-6-10-19(20)21/h3-11,13,15,17,26H,14,16H2,1-2H3. The van der Waals surface area contributed by atoms with E-state index in [9.17, 15) is 4.79 Å². The van der Waals surface area contributed by atoms with Crippen LogP contribution in [0.15, 0.2) is 67.1 Å². The summed E-state index contributed by atoms with van der Waals surface area (Å²) in [6.07, 6.45) is 3.47. The highest BCUT2D eigenvalue weighted by atomic mass is 16.5.